The number of para-hydroxylation sites is 1. The van der Waals surface area contributed by atoms with E-state index in [-0.39, 0.29) is 19.1 Å². The average molecular weight is 371 g/mol. The molecule has 0 saturated heterocycles. The topological polar surface area (TPSA) is 64.6 Å². The predicted octanol–water partition coefficient (Wildman–Crippen LogP) is 3.25. The summed E-state index contributed by atoms with van der Waals surface area (Å²) in [6.07, 6.45) is 7.94. The Kier molecular flexibility index (Phi) is 5.11. The van der Waals surface area contributed by atoms with Gasteiger partial charge in [-0.1, -0.05) is 18.2 Å². The van der Waals surface area contributed by atoms with Crippen LogP contribution >= 0.6 is 0 Å². The third-order valence-corrected chi connectivity index (χ3v) is 6.63. The first-order valence-electron chi connectivity index (χ1n) is 10.1. The Morgan fingerprint density at radius 1 is 1.04 bits per heavy atom. The van der Waals surface area contributed by atoms with Crippen molar-refractivity contribution in [2.24, 2.45) is 23.2 Å². The zero-order valence-electron chi connectivity index (χ0n) is 16.0. The highest BCUT2D eigenvalue weighted by Gasteiger charge is 2.50. The minimum Gasteiger partial charge on any atom is -0.482 e. The van der Waals surface area contributed by atoms with E-state index in [2.05, 4.69) is 5.32 Å². The number of benzene rings is 1. The molecule has 1 aromatic carbocycles. The van der Waals surface area contributed by atoms with Crippen molar-refractivity contribution in [2.75, 3.05) is 19.8 Å². The van der Waals surface area contributed by atoms with Crippen LogP contribution in [0.2, 0.25) is 0 Å². The SMILES string of the molecule is Cc1ccccc1OCC(=O)OCC(=O)NCC12CC3CC(CC(C3)C1)C2. The second kappa shape index (κ2) is 7.53. The number of amides is 1. The molecule has 1 aromatic rings. The third kappa shape index (κ3) is 4.28. The van der Waals surface area contributed by atoms with Crippen LogP contribution in [0.5, 0.6) is 5.75 Å². The number of rotatable bonds is 7. The van der Waals surface area contributed by atoms with Gasteiger partial charge in [0.05, 0.1) is 0 Å². The smallest absolute Gasteiger partial charge is 0.344 e. The summed E-state index contributed by atoms with van der Waals surface area (Å²) in [5.41, 5.74) is 1.25. The van der Waals surface area contributed by atoms with Crippen LogP contribution < -0.4 is 10.1 Å². The highest BCUT2D eigenvalue weighted by molar-refractivity contribution is 5.80. The minimum absolute atomic E-state index is 0.187. The summed E-state index contributed by atoms with van der Waals surface area (Å²) in [7, 11) is 0. The molecule has 0 aromatic heterocycles. The first kappa shape index (κ1) is 18.3. The summed E-state index contributed by atoms with van der Waals surface area (Å²) in [6, 6.07) is 7.49. The number of nitrogens with one attached hydrogen (secondary N) is 1. The molecule has 5 nitrogen and oxygen atoms in total. The summed E-state index contributed by atoms with van der Waals surface area (Å²) in [5, 5.41) is 3.02. The Labute approximate surface area is 160 Å². The van der Waals surface area contributed by atoms with Crippen LogP contribution in [0.15, 0.2) is 24.3 Å². The fourth-order valence-corrected chi connectivity index (χ4v) is 5.89. The molecular weight excluding hydrogens is 342 g/mol. The largest absolute Gasteiger partial charge is 0.482 e. The van der Waals surface area contributed by atoms with Gasteiger partial charge in [0.25, 0.3) is 5.91 Å². The lowest BCUT2D eigenvalue weighted by Crippen LogP contribution is -2.51. The van der Waals surface area contributed by atoms with E-state index in [0.717, 1.165) is 29.9 Å². The van der Waals surface area contributed by atoms with Crippen LogP contribution in [-0.4, -0.2) is 31.6 Å². The zero-order valence-corrected chi connectivity index (χ0v) is 16.0. The van der Waals surface area contributed by atoms with Gasteiger partial charge in [-0.15, -0.1) is 0 Å². The predicted molar refractivity (Wildman–Crippen MR) is 101 cm³/mol. The molecule has 146 valence electrons. The Morgan fingerprint density at radius 2 is 1.67 bits per heavy atom. The molecule has 0 atom stereocenters. The zero-order chi connectivity index (χ0) is 18.9. The van der Waals surface area contributed by atoms with Crippen molar-refractivity contribution in [1.29, 1.82) is 0 Å². The normalized spacial score (nSPS) is 30.8. The van der Waals surface area contributed by atoms with Crippen molar-refractivity contribution >= 4 is 11.9 Å². The van der Waals surface area contributed by atoms with Gasteiger partial charge in [-0.25, -0.2) is 4.79 Å². The molecule has 0 spiro atoms. The molecule has 0 heterocycles. The summed E-state index contributed by atoms with van der Waals surface area (Å²) in [4.78, 5) is 24.0. The number of hydrogen-bond acceptors (Lipinski definition) is 4. The molecule has 1 N–H and O–H groups in total. The molecule has 4 saturated carbocycles. The summed E-state index contributed by atoms with van der Waals surface area (Å²) in [5.74, 6) is 2.51. The number of carbonyl (C=O) groups excluding carboxylic acids is 2. The van der Waals surface area contributed by atoms with E-state index >= 15 is 0 Å². The fourth-order valence-electron chi connectivity index (χ4n) is 5.89. The third-order valence-electron chi connectivity index (χ3n) is 6.63. The van der Waals surface area contributed by atoms with Crippen molar-refractivity contribution in [3.8, 4) is 5.75 Å². The molecule has 27 heavy (non-hydrogen) atoms. The quantitative estimate of drug-likeness (QED) is 0.747. The Balaban J connectivity index is 1.18. The number of carbonyl (C=O) groups is 2. The van der Waals surface area contributed by atoms with Crippen LogP contribution in [0.1, 0.15) is 44.1 Å². The molecule has 4 aliphatic carbocycles. The average Bonchev–Trinajstić information content (AvgIpc) is 2.63. The van der Waals surface area contributed by atoms with Gasteiger partial charge in [-0.3, -0.25) is 4.79 Å². The van der Waals surface area contributed by atoms with Crippen molar-refractivity contribution in [2.45, 2.75) is 45.4 Å². The van der Waals surface area contributed by atoms with Gasteiger partial charge in [0.15, 0.2) is 13.2 Å². The number of ether oxygens (including phenoxy) is 2. The molecule has 4 bridgehead atoms. The van der Waals surface area contributed by atoms with Crippen LogP contribution in [0.4, 0.5) is 0 Å². The van der Waals surface area contributed by atoms with E-state index in [4.69, 9.17) is 9.47 Å². The van der Waals surface area contributed by atoms with Crippen LogP contribution in [0, 0.1) is 30.1 Å². The molecule has 0 radical (unpaired) electrons. The van der Waals surface area contributed by atoms with Gasteiger partial charge in [0.1, 0.15) is 5.75 Å². The lowest BCUT2D eigenvalue weighted by Gasteiger charge is -2.56. The van der Waals surface area contributed by atoms with Crippen molar-refractivity contribution in [3.05, 3.63) is 29.8 Å². The number of aryl methyl sites for hydroxylation is 1. The second-order valence-electron chi connectivity index (χ2n) is 8.91. The first-order valence-corrected chi connectivity index (χ1v) is 10.1. The molecule has 4 aliphatic rings. The highest BCUT2D eigenvalue weighted by Crippen LogP contribution is 2.59. The van der Waals surface area contributed by atoms with Gasteiger partial charge in [-0.05, 0) is 80.2 Å². The van der Waals surface area contributed by atoms with Gasteiger partial charge in [-0.2, -0.15) is 0 Å². The lowest BCUT2D eigenvalue weighted by molar-refractivity contribution is -0.150. The standard InChI is InChI=1S/C22H29NO4/c1-15-4-2-3-5-19(15)26-13-21(25)27-12-20(24)23-14-22-9-16-6-17(10-22)8-18(7-16)11-22/h2-5,16-18H,6-14H2,1H3,(H,23,24). The van der Waals surface area contributed by atoms with E-state index in [1.54, 1.807) is 6.07 Å². The summed E-state index contributed by atoms with van der Waals surface area (Å²) < 4.78 is 10.5. The summed E-state index contributed by atoms with van der Waals surface area (Å²) >= 11 is 0. The molecule has 5 heteroatoms. The fraction of sp³-hybridized carbons (Fsp3) is 0.636. The lowest BCUT2D eigenvalue weighted by atomic mass is 9.49. The van der Waals surface area contributed by atoms with Crippen LogP contribution in [-0.2, 0) is 14.3 Å². The van der Waals surface area contributed by atoms with E-state index in [0.29, 0.717) is 11.2 Å². The van der Waals surface area contributed by atoms with Crippen LogP contribution in [0.25, 0.3) is 0 Å². The number of esters is 1. The summed E-state index contributed by atoms with van der Waals surface area (Å²) in [6.45, 7) is 2.22. The molecular formula is C22H29NO4. The van der Waals surface area contributed by atoms with Gasteiger partial charge in [0, 0.05) is 6.54 Å². The maximum atomic E-state index is 12.1. The van der Waals surface area contributed by atoms with Gasteiger partial charge in [0.2, 0.25) is 0 Å². The van der Waals surface area contributed by atoms with Crippen LogP contribution in [0.3, 0.4) is 0 Å². The van der Waals surface area contributed by atoms with E-state index in [9.17, 15) is 9.59 Å². The Bertz CT molecular complexity index is 679. The van der Waals surface area contributed by atoms with E-state index in [1.807, 2.05) is 25.1 Å². The van der Waals surface area contributed by atoms with E-state index < -0.39 is 5.97 Å². The highest BCUT2D eigenvalue weighted by atomic mass is 16.6. The molecule has 0 aliphatic heterocycles. The van der Waals surface area contributed by atoms with Crippen molar-refractivity contribution < 1.29 is 19.1 Å². The van der Waals surface area contributed by atoms with E-state index in [1.165, 1.54) is 38.5 Å². The van der Waals surface area contributed by atoms with Gasteiger partial charge >= 0.3 is 5.97 Å². The van der Waals surface area contributed by atoms with Crippen molar-refractivity contribution in [1.82, 2.24) is 5.32 Å². The minimum atomic E-state index is -0.525. The Morgan fingerprint density at radius 3 is 2.30 bits per heavy atom. The maximum absolute atomic E-state index is 12.1. The molecule has 5 rings (SSSR count). The molecule has 1 amide bonds. The second-order valence-corrected chi connectivity index (χ2v) is 8.91. The number of hydrogen-bond donors (Lipinski definition) is 1. The van der Waals surface area contributed by atoms with Gasteiger partial charge < -0.3 is 14.8 Å². The molecule has 4 fully saturated rings. The Hall–Kier alpha value is -2.04. The first-order chi connectivity index (χ1) is 13.0. The monoisotopic (exact) mass is 371 g/mol. The molecule has 0 unspecified atom stereocenters. The maximum Gasteiger partial charge on any atom is 0.344 e. The van der Waals surface area contributed by atoms with Crippen molar-refractivity contribution in [3.63, 3.8) is 0 Å².